The number of carboxylic acids is 1. The molecule has 0 spiro atoms. The van der Waals surface area contributed by atoms with Gasteiger partial charge in [0.2, 0.25) is 11.8 Å². The Bertz CT molecular complexity index is 1440. The van der Waals surface area contributed by atoms with Gasteiger partial charge in [-0.25, -0.2) is 0 Å². The maximum Gasteiger partial charge on any atom is 1.00 e. The number of benzene rings is 1. The molecule has 1 saturated heterocycles. The van der Waals surface area contributed by atoms with E-state index in [0.29, 0.717) is 19.3 Å². The van der Waals surface area contributed by atoms with E-state index in [-0.39, 0.29) is 223 Å². The van der Waals surface area contributed by atoms with Gasteiger partial charge >= 0.3 is 113 Å². The number of primary amides is 1. The van der Waals surface area contributed by atoms with Crippen LogP contribution >= 0.6 is 0 Å². The van der Waals surface area contributed by atoms with E-state index in [0.717, 1.165) is 31.2 Å². The molecule has 0 aliphatic carbocycles. The number of aliphatic hydroxyl groups excluding tert-OH is 3. The Morgan fingerprint density at radius 3 is 1.75 bits per heavy atom. The molecule has 2 amide bonds. The number of aryl methyl sites for hydroxylation is 1. The quantitative estimate of drug-likeness (QED) is 0.0422. The van der Waals surface area contributed by atoms with Crippen LogP contribution in [-0.2, 0) is 50.4 Å². The second-order valence-corrected chi connectivity index (χ2v) is 16.3. The van der Waals surface area contributed by atoms with E-state index in [1.54, 1.807) is 13.8 Å². The standard InChI is InChI=1S/C42H71N2O11.10CH4.2K.O3S/c1-6-8-9-10-11-12-13-17-25-53-41-36(47)37(35(46)33(55-41)24-26-52-32(7-2)28-45)54-34(38(43)48)27-31(39(49)44-42(3,4)5)23-22-30(40(50)51)21-20-29-18-15-14-16-19-29;;;;;;;;;;;;;1-4(2)3/h14-16,18-19,30-37,41,45-47H,3,6-13,17,20-28H2,1-2,4-5H3,(H2,43,48)(H,44,49)(H,50,51);10*1H4;;;/q-1;;;;;;;;;;;2*+1;/p-1. The fraction of sp³-hybridized carbons (Fsp3) is 0.808. The van der Waals surface area contributed by atoms with Crippen molar-refractivity contribution >= 4 is 28.4 Å². The van der Waals surface area contributed by atoms with E-state index in [4.69, 9.17) is 37.3 Å². The van der Waals surface area contributed by atoms with E-state index in [1.165, 1.54) is 25.7 Å². The van der Waals surface area contributed by atoms with Crippen molar-refractivity contribution in [3.8, 4) is 0 Å². The summed E-state index contributed by atoms with van der Waals surface area (Å²) in [5, 5.41) is 47.4. The minimum absolute atomic E-state index is 0. The molecule has 1 aromatic carbocycles. The van der Waals surface area contributed by atoms with Crippen molar-refractivity contribution in [2.45, 2.75) is 247 Å². The Morgan fingerprint density at radius 2 is 1.30 bits per heavy atom. The van der Waals surface area contributed by atoms with Gasteiger partial charge in [-0.2, -0.15) is 0 Å². The van der Waals surface area contributed by atoms with E-state index < -0.39 is 88.7 Å². The van der Waals surface area contributed by atoms with E-state index in [2.05, 4.69) is 19.2 Å². The minimum Gasteiger partial charge on any atom is -0.550 e. The second kappa shape index (κ2) is 57.9. The van der Waals surface area contributed by atoms with E-state index >= 15 is 0 Å². The van der Waals surface area contributed by atoms with Crippen LogP contribution in [-0.4, -0.2) is 114 Å². The molecule has 2 rings (SSSR count). The number of hydrogen-bond donors (Lipinski definition) is 5. The first-order chi connectivity index (χ1) is 27.9. The average molecular weight is 1100 g/mol. The maximum atomic E-state index is 13.6. The first kappa shape index (κ1) is 100. The first-order valence-corrected chi connectivity index (χ1v) is 21.9. The van der Waals surface area contributed by atoms with Gasteiger partial charge in [-0.15, -0.1) is 12.6 Å². The molecular formula is C52H110K2N2O14S. The van der Waals surface area contributed by atoms with Gasteiger partial charge in [0.15, 0.2) is 6.29 Å². The Morgan fingerprint density at radius 1 is 0.803 bits per heavy atom. The van der Waals surface area contributed by atoms with Gasteiger partial charge in [0.05, 0.1) is 18.8 Å². The molecule has 6 N–H and O–H groups in total. The summed E-state index contributed by atoms with van der Waals surface area (Å²) in [6, 6.07) is 9.45. The number of nitrogens with two attached hydrogens (primary N) is 1. The van der Waals surface area contributed by atoms with Gasteiger partial charge in [-0.3, -0.25) is 9.59 Å². The maximum absolute atomic E-state index is 13.6. The van der Waals surface area contributed by atoms with Gasteiger partial charge in [-0.1, -0.05) is 183 Å². The number of carbonyl (C=O) groups excluding carboxylic acids is 3. The SMILES string of the molecule is C.C.C.C.C.C.C.C.C.C.O=S(=O)=O.[CH2-]C(C)(C)NC(=O)C(CCC(CCc1ccccc1)C(=O)[O-])CC(OC1C(O)C(CCOC(CC)CO)OC(OCCCCCCCCCC)C1O)C(N)=O.[K+].[K+]. The Labute approximate surface area is 523 Å². The molecular weight excluding hydrogens is 987 g/mol. The number of hydrogen-bond acceptors (Lipinski definition) is 14. The zero-order valence-corrected chi connectivity index (χ0v) is 44.4. The molecule has 9 unspecified atom stereocenters. The van der Waals surface area contributed by atoms with Gasteiger partial charge in [-0.05, 0) is 62.8 Å². The number of amides is 2. The van der Waals surface area contributed by atoms with Crippen LogP contribution in [0.5, 0.6) is 0 Å². The van der Waals surface area contributed by atoms with Crippen LogP contribution in [0, 0.1) is 18.8 Å². The molecule has 71 heavy (non-hydrogen) atoms. The predicted molar refractivity (Wildman–Crippen MR) is 284 cm³/mol. The number of rotatable bonds is 30. The van der Waals surface area contributed by atoms with Crippen LogP contribution in [0.4, 0.5) is 0 Å². The monoisotopic (exact) mass is 1100 g/mol. The molecule has 0 saturated carbocycles. The van der Waals surface area contributed by atoms with Crippen molar-refractivity contribution in [3.05, 3.63) is 42.8 Å². The third kappa shape index (κ3) is 46.1. The molecule has 1 heterocycles. The summed E-state index contributed by atoms with van der Waals surface area (Å²) in [5.41, 5.74) is 5.93. The number of carbonyl (C=O) groups is 3. The van der Waals surface area contributed by atoms with Crippen molar-refractivity contribution in [3.63, 3.8) is 0 Å². The molecule has 9 atom stereocenters. The molecule has 1 aliphatic rings. The third-order valence-corrected chi connectivity index (χ3v) is 10.1. The van der Waals surface area contributed by atoms with Crippen LogP contribution in [0.15, 0.2) is 30.3 Å². The smallest absolute Gasteiger partial charge is 0.550 e. The topological polar surface area (TPSA) is 261 Å². The average Bonchev–Trinajstić information content (AvgIpc) is 3.16. The number of aliphatic carboxylic acids is 1. The van der Waals surface area contributed by atoms with Crippen molar-refractivity contribution in [1.82, 2.24) is 5.32 Å². The van der Waals surface area contributed by atoms with Gasteiger partial charge in [0.1, 0.15) is 24.4 Å². The van der Waals surface area contributed by atoms with Crippen molar-refractivity contribution in [2.24, 2.45) is 17.6 Å². The van der Waals surface area contributed by atoms with Crippen LogP contribution < -0.4 is 119 Å². The third-order valence-electron chi connectivity index (χ3n) is 10.1. The minimum atomic E-state index is -3.11. The Kier molecular flexibility index (Phi) is 81.7. The van der Waals surface area contributed by atoms with Crippen molar-refractivity contribution in [1.29, 1.82) is 0 Å². The summed E-state index contributed by atoms with van der Waals surface area (Å²) in [4.78, 5) is 38.7. The zero-order valence-electron chi connectivity index (χ0n) is 37.3. The number of aliphatic hydroxyl groups is 3. The molecule has 1 aromatic rings. The Hall–Kier alpha value is 0.243. The Balaban J connectivity index is -0.000000209. The molecule has 0 bridgehead atoms. The summed E-state index contributed by atoms with van der Waals surface area (Å²) < 4.78 is 49.2. The van der Waals surface area contributed by atoms with E-state index in [9.17, 15) is 34.8 Å². The summed E-state index contributed by atoms with van der Waals surface area (Å²) in [7, 11) is -3.11. The summed E-state index contributed by atoms with van der Waals surface area (Å²) in [6.45, 7) is 11.6. The second-order valence-electron chi connectivity index (χ2n) is 15.9. The first-order valence-electron chi connectivity index (χ1n) is 20.9. The van der Waals surface area contributed by atoms with Crippen LogP contribution in [0.2, 0.25) is 0 Å². The molecule has 0 radical (unpaired) electrons. The van der Waals surface area contributed by atoms with Crippen molar-refractivity contribution < 1.29 is 169 Å². The molecule has 16 nitrogen and oxygen atoms in total. The van der Waals surface area contributed by atoms with Gasteiger partial charge < -0.3 is 62.1 Å². The number of carboxylic acid groups (broad SMARTS) is 1. The fourth-order valence-corrected chi connectivity index (χ4v) is 6.77. The zero-order chi connectivity index (χ0) is 44.4. The normalized spacial score (nSPS) is 17.7. The van der Waals surface area contributed by atoms with Gasteiger partial charge in [0.25, 0.3) is 0 Å². The molecule has 1 fully saturated rings. The molecule has 19 heteroatoms. The molecule has 0 aromatic heterocycles. The molecule has 420 valence electrons. The number of nitrogens with one attached hydrogen (secondary N) is 1. The summed E-state index contributed by atoms with van der Waals surface area (Å²) >= 11 is 0. The summed E-state index contributed by atoms with van der Waals surface area (Å²) in [5.74, 6) is -4.44. The fourth-order valence-electron chi connectivity index (χ4n) is 6.77. The van der Waals surface area contributed by atoms with Crippen LogP contribution in [0.1, 0.15) is 197 Å². The predicted octanol–water partition coefficient (Wildman–Crippen LogP) is 2.89. The largest absolute Gasteiger partial charge is 1.00 e. The summed E-state index contributed by atoms with van der Waals surface area (Å²) in [6.07, 6.45) is 1.83. The van der Waals surface area contributed by atoms with Crippen LogP contribution in [0.3, 0.4) is 0 Å². The van der Waals surface area contributed by atoms with Crippen molar-refractivity contribution in [2.75, 3.05) is 19.8 Å². The number of unbranched alkanes of at least 4 members (excludes halogenated alkanes) is 7. The van der Waals surface area contributed by atoms with Gasteiger partial charge in [0, 0.05) is 25.1 Å². The number of ether oxygens (including phenoxy) is 4. The van der Waals surface area contributed by atoms with E-state index in [1.807, 2.05) is 37.3 Å². The molecule has 1 aliphatic heterocycles. The van der Waals surface area contributed by atoms with Crippen LogP contribution in [0.25, 0.3) is 0 Å².